The molecule has 0 aliphatic heterocycles. The van der Waals surface area contributed by atoms with Crippen molar-refractivity contribution in [3.63, 3.8) is 0 Å². The van der Waals surface area contributed by atoms with Gasteiger partial charge in [-0.05, 0) is 30.3 Å². The number of halogens is 1. The van der Waals surface area contributed by atoms with Gasteiger partial charge in [-0.25, -0.2) is 9.97 Å². The van der Waals surface area contributed by atoms with E-state index in [9.17, 15) is 0 Å². The minimum absolute atomic E-state index is 0.737. The number of thioether (sulfide) groups is 1. The number of hydrogen-bond acceptors (Lipinski definition) is 5. The number of nitrogens with zero attached hydrogens (tertiary/aromatic N) is 2. The second-order valence-corrected chi connectivity index (χ2v) is 8.78. The quantitative estimate of drug-likeness (QED) is 0.157. The van der Waals surface area contributed by atoms with Crippen LogP contribution in [0.25, 0.3) is 20.3 Å². The predicted octanol–water partition coefficient (Wildman–Crippen LogP) is 6.93. The molecule has 2 aromatic heterocycles. The average Bonchev–Trinajstić information content (AvgIpc) is 3.01. The molecule has 0 aliphatic carbocycles. The molecule has 0 bridgehead atoms. The van der Waals surface area contributed by atoms with Crippen LogP contribution >= 0.6 is 46.5 Å². The summed E-state index contributed by atoms with van der Waals surface area (Å²) in [5, 5.41) is 3.69. The topological polar surface area (TPSA) is 25.8 Å². The van der Waals surface area contributed by atoms with E-state index in [1.165, 1.54) is 10.1 Å². The zero-order valence-electron chi connectivity index (χ0n) is 13.1. The van der Waals surface area contributed by atoms with Gasteiger partial charge >= 0.3 is 0 Å². The molecule has 0 unspecified atom stereocenters. The summed E-state index contributed by atoms with van der Waals surface area (Å²) in [7, 11) is 0. The summed E-state index contributed by atoms with van der Waals surface area (Å²) in [6, 6.07) is 16.2. The maximum atomic E-state index is 6.00. The third-order valence-electron chi connectivity index (χ3n) is 3.53. The van der Waals surface area contributed by atoms with E-state index in [-0.39, 0.29) is 0 Å². The highest BCUT2D eigenvalue weighted by molar-refractivity contribution is 8.00. The highest BCUT2D eigenvalue weighted by Crippen LogP contribution is 2.40. The fourth-order valence-corrected chi connectivity index (χ4v) is 5.28. The molecule has 2 nitrogen and oxygen atoms in total. The summed E-state index contributed by atoms with van der Waals surface area (Å²) >= 11 is 11.0. The molecule has 0 spiro atoms. The van der Waals surface area contributed by atoms with E-state index < -0.39 is 0 Å². The van der Waals surface area contributed by atoms with Gasteiger partial charge in [-0.3, -0.25) is 0 Å². The van der Waals surface area contributed by atoms with E-state index in [1.54, 1.807) is 34.9 Å². The summed E-state index contributed by atoms with van der Waals surface area (Å²) < 4.78 is 2.36. The van der Waals surface area contributed by atoms with Gasteiger partial charge in [-0.1, -0.05) is 59.4 Å². The van der Waals surface area contributed by atoms with Crippen LogP contribution in [-0.2, 0) is 0 Å². The maximum Gasteiger partial charge on any atom is 0.189 e. The van der Waals surface area contributed by atoms with E-state index in [1.807, 2.05) is 30.3 Å². The van der Waals surface area contributed by atoms with Crippen LogP contribution in [0.3, 0.4) is 0 Å². The van der Waals surface area contributed by atoms with Gasteiger partial charge in [0.25, 0.3) is 0 Å². The zero-order chi connectivity index (χ0) is 17.2. The lowest BCUT2D eigenvalue weighted by atomic mass is 10.2. The van der Waals surface area contributed by atoms with Gasteiger partial charge in [0, 0.05) is 25.8 Å². The normalized spacial score (nSPS) is 11.2. The number of fused-ring (bicyclic) bond motifs is 3. The molecule has 0 saturated heterocycles. The first-order valence-electron chi connectivity index (χ1n) is 7.61. The fraction of sp³-hybridized carbons (Fsp3) is 0.0526. The molecule has 4 aromatic rings. The van der Waals surface area contributed by atoms with Crippen molar-refractivity contribution >= 4 is 66.8 Å². The van der Waals surface area contributed by atoms with Crippen LogP contribution < -0.4 is 0 Å². The Morgan fingerprint density at radius 3 is 2.68 bits per heavy atom. The summed E-state index contributed by atoms with van der Waals surface area (Å²) in [4.78, 5) is 10.7. The molecule has 25 heavy (non-hydrogen) atoms. The van der Waals surface area contributed by atoms with E-state index in [4.69, 9.17) is 21.6 Å². The van der Waals surface area contributed by atoms with Crippen LogP contribution in [0.15, 0.2) is 76.3 Å². The molecule has 0 radical (unpaired) electrons. The number of aromatic nitrogens is 2. The first-order valence-corrected chi connectivity index (χ1v) is 10.6. The van der Waals surface area contributed by atoms with E-state index in [0.717, 1.165) is 36.1 Å². The van der Waals surface area contributed by atoms with Crippen LogP contribution in [0.2, 0.25) is 5.02 Å². The third-order valence-corrected chi connectivity index (χ3v) is 6.91. The molecule has 0 N–H and O–H groups in total. The van der Waals surface area contributed by atoms with Crippen molar-refractivity contribution in [3.05, 3.63) is 66.2 Å². The van der Waals surface area contributed by atoms with Crippen LogP contribution in [0.1, 0.15) is 0 Å². The molecule has 2 aromatic carbocycles. The average molecular weight is 401 g/mol. The van der Waals surface area contributed by atoms with E-state index >= 15 is 0 Å². The zero-order valence-corrected chi connectivity index (χ0v) is 16.3. The number of rotatable bonds is 5. The van der Waals surface area contributed by atoms with Gasteiger partial charge in [0.1, 0.15) is 5.03 Å². The highest BCUT2D eigenvalue weighted by atomic mass is 35.5. The second-order valence-electron chi connectivity index (χ2n) is 5.24. The van der Waals surface area contributed by atoms with Crippen molar-refractivity contribution in [2.75, 3.05) is 5.75 Å². The van der Waals surface area contributed by atoms with E-state index in [0.29, 0.717) is 0 Å². The fourth-order valence-electron chi connectivity index (χ4n) is 2.43. The Balaban J connectivity index is 1.87. The van der Waals surface area contributed by atoms with Gasteiger partial charge in [-0.15, -0.1) is 17.9 Å². The smallest absolute Gasteiger partial charge is 0.189 e. The number of hydrogen-bond donors (Lipinski definition) is 0. The van der Waals surface area contributed by atoms with Crippen molar-refractivity contribution in [2.45, 2.75) is 15.1 Å². The summed E-state index contributed by atoms with van der Waals surface area (Å²) in [6.07, 6.45) is 1.87. The van der Waals surface area contributed by atoms with E-state index in [2.05, 4.69) is 30.8 Å². The Kier molecular flexibility index (Phi) is 4.99. The molecular weight excluding hydrogens is 388 g/mol. The molecule has 6 heteroatoms. The first kappa shape index (κ1) is 16.9. The third kappa shape index (κ3) is 3.55. The van der Waals surface area contributed by atoms with Crippen molar-refractivity contribution in [1.82, 2.24) is 9.97 Å². The van der Waals surface area contributed by atoms with Gasteiger partial charge in [0.05, 0.1) is 10.2 Å². The lowest BCUT2D eigenvalue weighted by Gasteiger charge is -2.05. The van der Waals surface area contributed by atoms with Crippen molar-refractivity contribution < 1.29 is 0 Å². The summed E-state index contributed by atoms with van der Waals surface area (Å²) in [6.45, 7) is 3.78. The molecule has 2 heterocycles. The molecule has 0 atom stereocenters. The number of thiophene rings is 1. The Hall–Kier alpha value is -1.53. The minimum Gasteiger partial charge on any atom is -0.221 e. The summed E-state index contributed by atoms with van der Waals surface area (Å²) in [5.41, 5.74) is 1.03. The van der Waals surface area contributed by atoms with Gasteiger partial charge in [-0.2, -0.15) is 0 Å². The molecular formula is C19H13ClN2S3. The molecule has 0 fully saturated rings. The van der Waals surface area contributed by atoms with Gasteiger partial charge in [0.15, 0.2) is 5.16 Å². The Labute approximate surface area is 163 Å². The molecule has 124 valence electrons. The monoisotopic (exact) mass is 400 g/mol. The Morgan fingerprint density at radius 2 is 1.88 bits per heavy atom. The Bertz CT molecular complexity index is 1060. The highest BCUT2D eigenvalue weighted by Gasteiger charge is 2.15. The largest absolute Gasteiger partial charge is 0.221 e. The number of benzene rings is 2. The minimum atomic E-state index is 0.737. The molecule has 0 saturated carbocycles. The standard InChI is InChI=1S/C19H13ClN2S3/c1-2-11-23-19-21-16-14-5-3-4-6-15(14)25-17(16)18(22-19)24-13-9-7-12(20)8-10-13/h2-10H,1,11H2. The van der Waals surface area contributed by atoms with Crippen molar-refractivity contribution in [3.8, 4) is 0 Å². The lowest BCUT2D eigenvalue weighted by molar-refractivity contribution is 0.938. The van der Waals surface area contributed by atoms with Crippen LogP contribution in [0.4, 0.5) is 0 Å². The first-order chi connectivity index (χ1) is 12.2. The van der Waals surface area contributed by atoms with Crippen LogP contribution in [0, 0.1) is 0 Å². The van der Waals surface area contributed by atoms with Crippen LogP contribution in [0.5, 0.6) is 0 Å². The predicted molar refractivity (Wildman–Crippen MR) is 111 cm³/mol. The molecule has 0 aliphatic rings. The van der Waals surface area contributed by atoms with Gasteiger partial charge in [0.2, 0.25) is 0 Å². The maximum absolute atomic E-state index is 6.00. The van der Waals surface area contributed by atoms with Crippen molar-refractivity contribution in [2.24, 2.45) is 0 Å². The van der Waals surface area contributed by atoms with Crippen LogP contribution in [-0.4, -0.2) is 15.7 Å². The summed E-state index contributed by atoms with van der Waals surface area (Å²) in [5.74, 6) is 0.790. The molecule has 0 amide bonds. The van der Waals surface area contributed by atoms with Crippen molar-refractivity contribution in [1.29, 1.82) is 0 Å². The second kappa shape index (κ2) is 7.38. The SMILES string of the molecule is C=CCSc1nc(Sc2ccc(Cl)cc2)c2sc3ccccc3c2n1. The Morgan fingerprint density at radius 1 is 1.08 bits per heavy atom. The lowest BCUT2D eigenvalue weighted by Crippen LogP contribution is -1.90. The van der Waals surface area contributed by atoms with Gasteiger partial charge < -0.3 is 0 Å². The molecule has 4 rings (SSSR count).